The maximum atomic E-state index is 13.6. The van der Waals surface area contributed by atoms with Crippen molar-refractivity contribution >= 4 is 17.7 Å². The number of carbonyl (C=O) groups excluding carboxylic acids is 1. The zero-order chi connectivity index (χ0) is 23.8. The van der Waals surface area contributed by atoms with Crippen molar-refractivity contribution in [2.75, 3.05) is 44.8 Å². The molecule has 4 rings (SSSR count). The van der Waals surface area contributed by atoms with Gasteiger partial charge in [-0.05, 0) is 13.0 Å². The Kier molecular flexibility index (Phi) is 6.41. The Bertz CT molecular complexity index is 1030. The highest BCUT2D eigenvalue weighted by atomic mass is 16.5. The number of methoxy groups -OCH3 is 1. The minimum Gasteiger partial charge on any atom is -0.465 e. The summed E-state index contributed by atoms with van der Waals surface area (Å²) in [6, 6.07) is 11.6. The van der Waals surface area contributed by atoms with E-state index in [-0.39, 0.29) is 30.0 Å². The molecule has 3 heterocycles. The third-order valence-corrected chi connectivity index (χ3v) is 6.72. The molecule has 0 radical (unpaired) electrons. The van der Waals surface area contributed by atoms with Crippen molar-refractivity contribution in [1.82, 2.24) is 14.8 Å². The van der Waals surface area contributed by atoms with Gasteiger partial charge in [0.2, 0.25) is 5.91 Å². The van der Waals surface area contributed by atoms with Gasteiger partial charge in [-0.3, -0.25) is 14.7 Å². The number of benzene rings is 1. The fraction of sp³-hybridized carbons (Fsp3) is 0.480. The van der Waals surface area contributed by atoms with E-state index in [2.05, 4.69) is 23.7 Å². The van der Waals surface area contributed by atoms with Gasteiger partial charge in [0.25, 0.3) is 0 Å². The Morgan fingerprint density at radius 2 is 1.94 bits per heavy atom. The number of fused-ring (bicyclic) bond motifs is 1. The summed E-state index contributed by atoms with van der Waals surface area (Å²) in [4.78, 5) is 35.2. The second kappa shape index (κ2) is 9.11. The number of piperazine rings is 1. The molecule has 8 nitrogen and oxygen atoms in total. The summed E-state index contributed by atoms with van der Waals surface area (Å²) in [5.74, 6) is 0.00381. The maximum Gasteiger partial charge on any atom is 0.407 e. The lowest BCUT2D eigenvalue weighted by Crippen LogP contribution is -2.61. The van der Waals surface area contributed by atoms with Crippen molar-refractivity contribution in [3.8, 4) is 11.3 Å². The summed E-state index contributed by atoms with van der Waals surface area (Å²) >= 11 is 0. The lowest BCUT2D eigenvalue weighted by Gasteiger charge is -2.43. The molecule has 0 bridgehead atoms. The molecule has 2 atom stereocenters. The smallest absolute Gasteiger partial charge is 0.407 e. The van der Waals surface area contributed by atoms with Gasteiger partial charge in [0, 0.05) is 55.5 Å². The van der Waals surface area contributed by atoms with Crippen LogP contribution in [0.15, 0.2) is 42.6 Å². The van der Waals surface area contributed by atoms with Crippen LogP contribution in [0.2, 0.25) is 0 Å². The lowest BCUT2D eigenvalue weighted by molar-refractivity contribution is -0.121. The van der Waals surface area contributed by atoms with E-state index >= 15 is 0 Å². The van der Waals surface area contributed by atoms with Crippen LogP contribution in [-0.2, 0) is 14.9 Å². The molecule has 1 aromatic carbocycles. The first-order valence-corrected chi connectivity index (χ1v) is 11.3. The topological polar surface area (TPSA) is 86.2 Å². The molecule has 2 aliphatic rings. The van der Waals surface area contributed by atoms with E-state index in [1.165, 1.54) is 4.90 Å². The zero-order valence-electron chi connectivity index (χ0n) is 19.7. The molecule has 0 spiro atoms. The maximum absolute atomic E-state index is 13.6. The van der Waals surface area contributed by atoms with Gasteiger partial charge < -0.3 is 19.6 Å². The molecule has 8 heteroatoms. The fourth-order valence-corrected chi connectivity index (χ4v) is 4.92. The van der Waals surface area contributed by atoms with Gasteiger partial charge in [0.1, 0.15) is 0 Å². The van der Waals surface area contributed by atoms with E-state index in [1.807, 2.05) is 54.4 Å². The molecule has 2 aliphatic heterocycles. The standard InChI is InChI=1S/C25H32N4O4/c1-17-12-27(19(15-33-4)13-28(17)24(31)32)14-23(30)29-16-25(2,3)20-11-26-21(10-22(20)29)18-8-6-5-7-9-18/h5-11,17,19H,12-16H2,1-4H3,(H,31,32)/t17-,19-/m1/s1. The van der Waals surface area contributed by atoms with E-state index < -0.39 is 6.09 Å². The minimum atomic E-state index is -0.939. The number of ether oxygens (including phenoxy) is 1. The zero-order valence-corrected chi connectivity index (χ0v) is 19.7. The van der Waals surface area contributed by atoms with Crippen molar-refractivity contribution in [1.29, 1.82) is 0 Å². The van der Waals surface area contributed by atoms with Crippen LogP contribution >= 0.6 is 0 Å². The first-order chi connectivity index (χ1) is 15.7. The first kappa shape index (κ1) is 23.2. The number of rotatable bonds is 5. The predicted molar refractivity (Wildman–Crippen MR) is 126 cm³/mol. The Balaban J connectivity index is 1.58. The van der Waals surface area contributed by atoms with Crippen LogP contribution in [0.25, 0.3) is 11.3 Å². The normalized spacial score (nSPS) is 22.3. The van der Waals surface area contributed by atoms with Crippen molar-refractivity contribution in [3.05, 3.63) is 48.2 Å². The van der Waals surface area contributed by atoms with Crippen molar-refractivity contribution in [2.45, 2.75) is 38.3 Å². The van der Waals surface area contributed by atoms with Gasteiger partial charge in [-0.1, -0.05) is 44.2 Å². The molecule has 176 valence electrons. The van der Waals surface area contributed by atoms with Gasteiger partial charge in [-0.2, -0.15) is 0 Å². The number of aromatic nitrogens is 1. The Labute approximate surface area is 194 Å². The van der Waals surface area contributed by atoms with Gasteiger partial charge in [-0.15, -0.1) is 0 Å². The van der Waals surface area contributed by atoms with Gasteiger partial charge in [-0.25, -0.2) is 4.79 Å². The SMILES string of the molecule is COC[C@H]1CN(C(=O)O)[C@H](C)CN1CC(=O)N1CC(C)(C)c2cnc(-c3ccccc3)cc21. The molecular formula is C25H32N4O4. The van der Waals surface area contributed by atoms with E-state index in [4.69, 9.17) is 4.74 Å². The lowest BCUT2D eigenvalue weighted by atomic mass is 9.88. The van der Waals surface area contributed by atoms with Gasteiger partial charge in [0.15, 0.2) is 0 Å². The number of carboxylic acid groups (broad SMARTS) is 1. The number of hydrogen-bond donors (Lipinski definition) is 1. The van der Waals surface area contributed by atoms with Crippen molar-refractivity contribution in [3.63, 3.8) is 0 Å². The Morgan fingerprint density at radius 1 is 1.21 bits per heavy atom. The van der Waals surface area contributed by atoms with Crippen LogP contribution in [-0.4, -0.2) is 83.9 Å². The van der Waals surface area contributed by atoms with E-state index in [9.17, 15) is 14.7 Å². The van der Waals surface area contributed by atoms with Gasteiger partial charge >= 0.3 is 6.09 Å². The van der Waals surface area contributed by atoms with Crippen molar-refractivity contribution in [2.24, 2.45) is 0 Å². The summed E-state index contributed by atoms with van der Waals surface area (Å²) in [6.45, 7) is 8.11. The van der Waals surface area contributed by atoms with Crippen molar-refractivity contribution < 1.29 is 19.4 Å². The molecule has 0 aliphatic carbocycles. The van der Waals surface area contributed by atoms with Crippen LogP contribution in [0.3, 0.4) is 0 Å². The van der Waals surface area contributed by atoms with Crippen LogP contribution in [0, 0.1) is 0 Å². The first-order valence-electron chi connectivity index (χ1n) is 11.3. The number of amides is 2. The molecule has 33 heavy (non-hydrogen) atoms. The number of nitrogens with zero attached hydrogens (tertiary/aromatic N) is 4. The molecule has 1 fully saturated rings. The van der Waals surface area contributed by atoms with E-state index in [0.717, 1.165) is 22.5 Å². The van der Waals surface area contributed by atoms with Crippen LogP contribution in [0.4, 0.5) is 10.5 Å². The highest BCUT2D eigenvalue weighted by Gasteiger charge is 2.41. The average molecular weight is 453 g/mol. The second-order valence-corrected chi connectivity index (χ2v) is 9.64. The predicted octanol–water partition coefficient (Wildman–Crippen LogP) is 3.07. The second-order valence-electron chi connectivity index (χ2n) is 9.64. The third-order valence-electron chi connectivity index (χ3n) is 6.72. The molecule has 2 amide bonds. The number of anilines is 1. The fourth-order valence-electron chi connectivity index (χ4n) is 4.92. The molecule has 1 saturated heterocycles. The molecule has 0 saturated carbocycles. The summed E-state index contributed by atoms with van der Waals surface area (Å²) < 4.78 is 5.34. The number of pyridine rings is 1. The van der Waals surface area contributed by atoms with E-state index in [1.54, 1.807) is 7.11 Å². The molecular weight excluding hydrogens is 420 g/mol. The molecule has 2 aromatic rings. The van der Waals surface area contributed by atoms with Crippen LogP contribution < -0.4 is 4.90 Å². The summed E-state index contributed by atoms with van der Waals surface area (Å²) in [5, 5.41) is 9.51. The molecule has 1 aromatic heterocycles. The molecule has 1 N–H and O–H groups in total. The highest BCUT2D eigenvalue weighted by molar-refractivity contribution is 5.98. The van der Waals surface area contributed by atoms with Crippen LogP contribution in [0.1, 0.15) is 26.3 Å². The monoisotopic (exact) mass is 452 g/mol. The number of hydrogen-bond acceptors (Lipinski definition) is 5. The average Bonchev–Trinajstić information content (AvgIpc) is 3.06. The Morgan fingerprint density at radius 3 is 2.61 bits per heavy atom. The summed E-state index contributed by atoms with van der Waals surface area (Å²) in [6.07, 6.45) is 0.956. The van der Waals surface area contributed by atoms with E-state index in [0.29, 0.717) is 26.2 Å². The van der Waals surface area contributed by atoms with Gasteiger partial charge in [0.05, 0.1) is 30.6 Å². The number of carbonyl (C=O) groups is 2. The summed E-state index contributed by atoms with van der Waals surface area (Å²) in [7, 11) is 1.60. The quantitative estimate of drug-likeness (QED) is 0.750. The highest BCUT2D eigenvalue weighted by Crippen LogP contribution is 2.41. The van der Waals surface area contributed by atoms with Crippen LogP contribution in [0.5, 0.6) is 0 Å². The third kappa shape index (κ3) is 4.58. The Hall–Kier alpha value is -2.97. The largest absolute Gasteiger partial charge is 0.465 e. The summed E-state index contributed by atoms with van der Waals surface area (Å²) in [5.41, 5.74) is 3.61. The molecule has 0 unspecified atom stereocenters. The minimum absolute atomic E-state index is 0.00381.